The van der Waals surface area contributed by atoms with Gasteiger partial charge in [0.05, 0.1) is 12.7 Å². The highest BCUT2D eigenvalue weighted by atomic mass is 16.5. The number of hydrogen-bond donors (Lipinski definition) is 3. The fourth-order valence-corrected chi connectivity index (χ4v) is 2.01. The van der Waals surface area contributed by atoms with Gasteiger partial charge in [0.25, 0.3) is 0 Å². The number of carboxylic acids is 1. The molecule has 4 N–H and O–H groups in total. The smallest absolute Gasteiger partial charge is 0.323 e. The number of ether oxygens (including phenoxy) is 1. The minimum absolute atomic E-state index is 0.281. The summed E-state index contributed by atoms with van der Waals surface area (Å²) in [5.74, 6) is -0.688. The largest absolute Gasteiger partial charge is 0.493 e. The SMILES string of the molecule is NC(C(=O)O)C(O)C1COc2ccccc2C1. The topological polar surface area (TPSA) is 92.8 Å². The third kappa shape index (κ3) is 2.40. The summed E-state index contributed by atoms with van der Waals surface area (Å²) in [6.07, 6.45) is -0.515. The maximum Gasteiger partial charge on any atom is 0.323 e. The van der Waals surface area contributed by atoms with Crippen LogP contribution in [0.2, 0.25) is 0 Å². The first-order valence-electron chi connectivity index (χ1n) is 5.46. The van der Waals surface area contributed by atoms with Gasteiger partial charge in [0, 0.05) is 5.92 Å². The van der Waals surface area contributed by atoms with Crippen LogP contribution < -0.4 is 10.5 Å². The summed E-state index contributed by atoms with van der Waals surface area (Å²) >= 11 is 0. The van der Waals surface area contributed by atoms with E-state index in [1.165, 1.54) is 0 Å². The highest BCUT2D eigenvalue weighted by molar-refractivity contribution is 5.73. The second kappa shape index (κ2) is 4.73. The fraction of sp³-hybridized carbons (Fsp3) is 0.417. The van der Waals surface area contributed by atoms with E-state index in [0.29, 0.717) is 13.0 Å². The number of carbonyl (C=O) groups is 1. The molecule has 0 fully saturated rings. The standard InChI is InChI=1S/C12H15NO4/c13-10(12(15)16)11(14)8-5-7-3-1-2-4-9(7)17-6-8/h1-4,8,10-11,14H,5-6,13H2,(H,15,16). The van der Waals surface area contributed by atoms with Gasteiger partial charge in [-0.05, 0) is 18.1 Å². The summed E-state index contributed by atoms with van der Waals surface area (Å²) in [6, 6.07) is 6.25. The van der Waals surface area contributed by atoms with Crippen molar-refractivity contribution in [3.05, 3.63) is 29.8 Å². The zero-order valence-corrected chi connectivity index (χ0v) is 9.24. The molecule has 1 heterocycles. The van der Waals surface area contributed by atoms with Crippen molar-refractivity contribution in [1.29, 1.82) is 0 Å². The minimum Gasteiger partial charge on any atom is -0.493 e. The Morgan fingerprint density at radius 1 is 1.47 bits per heavy atom. The van der Waals surface area contributed by atoms with Crippen molar-refractivity contribution in [3.8, 4) is 5.75 Å². The molecule has 0 saturated heterocycles. The summed E-state index contributed by atoms with van der Waals surface area (Å²) < 4.78 is 5.48. The second-order valence-corrected chi connectivity index (χ2v) is 4.24. The van der Waals surface area contributed by atoms with E-state index in [4.69, 9.17) is 15.6 Å². The Kier molecular flexibility index (Phi) is 3.31. The molecule has 5 nitrogen and oxygen atoms in total. The molecule has 0 aliphatic carbocycles. The van der Waals surface area contributed by atoms with Crippen molar-refractivity contribution in [1.82, 2.24) is 0 Å². The van der Waals surface area contributed by atoms with Gasteiger partial charge in [0.2, 0.25) is 0 Å². The van der Waals surface area contributed by atoms with Gasteiger partial charge >= 0.3 is 5.97 Å². The van der Waals surface area contributed by atoms with E-state index in [9.17, 15) is 9.90 Å². The van der Waals surface area contributed by atoms with Gasteiger partial charge in [-0.3, -0.25) is 4.79 Å². The molecule has 1 aromatic carbocycles. The lowest BCUT2D eigenvalue weighted by molar-refractivity contribution is -0.142. The van der Waals surface area contributed by atoms with Crippen LogP contribution in [0, 0.1) is 5.92 Å². The summed E-state index contributed by atoms with van der Waals surface area (Å²) in [7, 11) is 0. The molecule has 17 heavy (non-hydrogen) atoms. The van der Waals surface area contributed by atoms with Gasteiger partial charge in [-0.25, -0.2) is 0 Å². The molecular weight excluding hydrogens is 222 g/mol. The average molecular weight is 237 g/mol. The molecular formula is C12H15NO4. The Bertz CT molecular complexity index is 421. The normalized spacial score (nSPS) is 22.1. The molecule has 0 saturated carbocycles. The van der Waals surface area contributed by atoms with E-state index >= 15 is 0 Å². The molecule has 0 aromatic heterocycles. The predicted octanol–water partition coefficient (Wildman–Crippen LogP) is 0.0105. The van der Waals surface area contributed by atoms with E-state index in [1.54, 1.807) is 0 Å². The Morgan fingerprint density at radius 3 is 2.88 bits per heavy atom. The molecule has 1 aliphatic rings. The first-order chi connectivity index (χ1) is 8.09. The third-order valence-electron chi connectivity index (χ3n) is 3.04. The molecule has 0 bridgehead atoms. The maximum absolute atomic E-state index is 10.7. The lowest BCUT2D eigenvalue weighted by atomic mass is 9.89. The molecule has 1 aliphatic heterocycles. The number of nitrogens with two attached hydrogens (primary N) is 1. The minimum atomic E-state index is -1.27. The molecule has 0 radical (unpaired) electrons. The second-order valence-electron chi connectivity index (χ2n) is 4.24. The van der Waals surface area contributed by atoms with Crippen LogP contribution in [0.15, 0.2) is 24.3 Å². The Hall–Kier alpha value is -1.59. The molecule has 1 aromatic rings. The fourth-order valence-electron chi connectivity index (χ4n) is 2.01. The van der Waals surface area contributed by atoms with Crippen LogP contribution >= 0.6 is 0 Å². The molecule has 3 atom stereocenters. The Morgan fingerprint density at radius 2 is 2.18 bits per heavy atom. The molecule has 5 heteroatoms. The van der Waals surface area contributed by atoms with Crippen LogP contribution in [0.25, 0.3) is 0 Å². The van der Waals surface area contributed by atoms with Gasteiger partial charge in [0.15, 0.2) is 0 Å². The lowest BCUT2D eigenvalue weighted by Crippen LogP contribution is -2.48. The van der Waals surface area contributed by atoms with E-state index in [2.05, 4.69) is 0 Å². The average Bonchev–Trinajstić information content (AvgIpc) is 2.36. The van der Waals surface area contributed by atoms with Crippen LogP contribution in [0.1, 0.15) is 5.56 Å². The summed E-state index contributed by atoms with van der Waals surface area (Å²) in [5.41, 5.74) is 6.38. The Balaban J connectivity index is 2.10. The van der Waals surface area contributed by atoms with Crippen molar-refractivity contribution < 1.29 is 19.7 Å². The molecule has 92 valence electrons. The third-order valence-corrected chi connectivity index (χ3v) is 3.04. The van der Waals surface area contributed by atoms with Crippen LogP contribution in [-0.2, 0) is 11.2 Å². The number of para-hydroxylation sites is 1. The number of aliphatic hydroxyl groups is 1. The van der Waals surface area contributed by atoms with Crippen LogP contribution in [0.4, 0.5) is 0 Å². The molecule has 3 unspecified atom stereocenters. The summed E-state index contributed by atoms with van der Waals surface area (Å²) in [4.78, 5) is 10.7. The molecule has 0 amide bonds. The van der Waals surface area contributed by atoms with E-state index in [-0.39, 0.29) is 5.92 Å². The number of rotatable bonds is 3. The van der Waals surface area contributed by atoms with Crippen molar-refractivity contribution in [3.63, 3.8) is 0 Å². The van der Waals surface area contributed by atoms with Crippen LogP contribution in [0.3, 0.4) is 0 Å². The highest BCUT2D eigenvalue weighted by Gasteiger charge is 2.33. The number of carboxylic acid groups (broad SMARTS) is 1. The number of hydrogen-bond acceptors (Lipinski definition) is 4. The molecule has 0 spiro atoms. The first-order valence-corrected chi connectivity index (χ1v) is 5.46. The van der Waals surface area contributed by atoms with Crippen molar-refractivity contribution in [2.24, 2.45) is 11.7 Å². The summed E-state index contributed by atoms with van der Waals surface area (Å²) in [5, 5.41) is 18.6. The van der Waals surface area contributed by atoms with Gasteiger partial charge < -0.3 is 20.7 Å². The van der Waals surface area contributed by atoms with Gasteiger partial charge in [0.1, 0.15) is 11.8 Å². The summed E-state index contributed by atoms with van der Waals surface area (Å²) in [6.45, 7) is 0.291. The quantitative estimate of drug-likeness (QED) is 0.688. The van der Waals surface area contributed by atoms with Gasteiger partial charge in [-0.1, -0.05) is 18.2 Å². The number of fused-ring (bicyclic) bond motifs is 1. The zero-order valence-electron chi connectivity index (χ0n) is 9.24. The maximum atomic E-state index is 10.7. The van der Waals surface area contributed by atoms with Crippen molar-refractivity contribution >= 4 is 5.97 Å². The van der Waals surface area contributed by atoms with E-state index < -0.39 is 18.1 Å². The monoisotopic (exact) mass is 237 g/mol. The number of aliphatic carboxylic acids is 1. The van der Waals surface area contributed by atoms with E-state index in [0.717, 1.165) is 11.3 Å². The lowest BCUT2D eigenvalue weighted by Gasteiger charge is -2.30. The van der Waals surface area contributed by atoms with Gasteiger partial charge in [-0.2, -0.15) is 0 Å². The van der Waals surface area contributed by atoms with Crippen molar-refractivity contribution in [2.45, 2.75) is 18.6 Å². The highest BCUT2D eigenvalue weighted by Crippen LogP contribution is 2.28. The Labute approximate surface area is 98.8 Å². The van der Waals surface area contributed by atoms with Crippen molar-refractivity contribution in [2.75, 3.05) is 6.61 Å². The van der Waals surface area contributed by atoms with Gasteiger partial charge in [-0.15, -0.1) is 0 Å². The number of aliphatic hydroxyl groups excluding tert-OH is 1. The molecule has 2 rings (SSSR count). The first kappa shape index (κ1) is 11.9. The van der Waals surface area contributed by atoms with Crippen LogP contribution in [0.5, 0.6) is 5.75 Å². The van der Waals surface area contributed by atoms with Crippen LogP contribution in [-0.4, -0.2) is 34.9 Å². The van der Waals surface area contributed by atoms with E-state index in [1.807, 2.05) is 24.3 Å². The predicted molar refractivity (Wildman–Crippen MR) is 60.7 cm³/mol. The number of benzene rings is 1. The zero-order chi connectivity index (χ0) is 12.4.